The van der Waals surface area contributed by atoms with E-state index in [1.165, 1.54) is 0 Å². The maximum atomic E-state index is 9.76. The van der Waals surface area contributed by atoms with Crippen molar-refractivity contribution in [1.29, 1.82) is 0 Å². The van der Waals surface area contributed by atoms with Crippen molar-refractivity contribution in [1.82, 2.24) is 20.6 Å². The molecule has 0 radical (unpaired) electrons. The Morgan fingerprint density at radius 2 is 2.42 bits per heavy atom. The van der Waals surface area contributed by atoms with E-state index in [2.05, 4.69) is 47.1 Å². The topological polar surface area (TPSA) is 108 Å². The maximum absolute atomic E-state index is 9.76. The second-order valence-electron chi connectivity index (χ2n) is 3.39. The molecular formula is C10H11BrN6O2. The highest BCUT2D eigenvalue weighted by atomic mass is 79.9. The first-order valence-corrected chi connectivity index (χ1v) is 6.18. The van der Waals surface area contributed by atoms with Crippen molar-refractivity contribution in [3.63, 3.8) is 0 Å². The fourth-order valence-corrected chi connectivity index (χ4v) is 1.77. The van der Waals surface area contributed by atoms with Gasteiger partial charge in [0, 0.05) is 0 Å². The van der Waals surface area contributed by atoms with E-state index >= 15 is 0 Å². The Labute approximate surface area is 117 Å². The third-order valence-electron chi connectivity index (χ3n) is 2.07. The summed E-state index contributed by atoms with van der Waals surface area (Å²) in [5, 5.41) is 26.7. The van der Waals surface area contributed by atoms with E-state index in [0.29, 0.717) is 16.8 Å². The summed E-state index contributed by atoms with van der Waals surface area (Å²) >= 11 is 3.25. The number of aromatic amines is 1. The van der Waals surface area contributed by atoms with E-state index in [0.717, 1.165) is 5.56 Å². The van der Waals surface area contributed by atoms with Gasteiger partial charge in [-0.25, -0.2) is 5.43 Å². The molecule has 2 aromatic rings. The van der Waals surface area contributed by atoms with Crippen LogP contribution in [-0.4, -0.2) is 38.6 Å². The van der Waals surface area contributed by atoms with Crippen LogP contribution in [0.15, 0.2) is 21.7 Å². The van der Waals surface area contributed by atoms with Crippen LogP contribution in [0.3, 0.4) is 0 Å². The third kappa shape index (κ3) is 3.41. The van der Waals surface area contributed by atoms with Gasteiger partial charge in [-0.3, -0.25) is 0 Å². The highest BCUT2D eigenvalue weighted by Gasteiger charge is 2.08. The molecule has 0 aliphatic rings. The quantitative estimate of drug-likeness (QED) is 0.567. The first-order valence-electron chi connectivity index (χ1n) is 5.38. The van der Waals surface area contributed by atoms with Gasteiger partial charge in [0.05, 0.1) is 17.3 Å². The Bertz CT molecular complexity index is 572. The Morgan fingerprint density at radius 1 is 1.58 bits per heavy atom. The number of H-pyrrole nitrogens is 1. The fraction of sp³-hybridized carbons (Fsp3) is 0.200. The molecule has 0 aliphatic carbocycles. The predicted molar refractivity (Wildman–Crippen MR) is 72.4 cm³/mol. The van der Waals surface area contributed by atoms with Gasteiger partial charge in [-0.15, -0.1) is 5.10 Å². The molecule has 0 atom stereocenters. The number of aromatic hydroxyl groups is 1. The predicted octanol–water partition coefficient (Wildman–Crippen LogP) is 1.51. The first-order chi connectivity index (χ1) is 9.20. The molecule has 0 unspecified atom stereocenters. The van der Waals surface area contributed by atoms with Gasteiger partial charge in [0.15, 0.2) is 11.5 Å². The zero-order chi connectivity index (χ0) is 13.7. The number of hydrazone groups is 1. The lowest BCUT2D eigenvalue weighted by Gasteiger charge is -2.08. The molecule has 9 heteroatoms. The highest BCUT2D eigenvalue weighted by Crippen LogP contribution is 2.34. The van der Waals surface area contributed by atoms with E-state index < -0.39 is 0 Å². The van der Waals surface area contributed by atoms with E-state index in [-0.39, 0.29) is 11.7 Å². The fourth-order valence-electron chi connectivity index (χ4n) is 1.31. The van der Waals surface area contributed by atoms with Gasteiger partial charge in [-0.05, 0) is 45.8 Å². The number of anilines is 1. The zero-order valence-electron chi connectivity index (χ0n) is 9.96. The number of ether oxygens (including phenoxy) is 1. The van der Waals surface area contributed by atoms with Crippen molar-refractivity contribution < 1.29 is 9.84 Å². The minimum Gasteiger partial charge on any atom is -0.503 e. The van der Waals surface area contributed by atoms with Crippen molar-refractivity contribution in [3.8, 4) is 11.5 Å². The second-order valence-corrected chi connectivity index (χ2v) is 4.24. The molecule has 1 heterocycles. The molecule has 0 amide bonds. The van der Waals surface area contributed by atoms with Gasteiger partial charge < -0.3 is 9.84 Å². The third-order valence-corrected chi connectivity index (χ3v) is 2.68. The van der Waals surface area contributed by atoms with Crippen LogP contribution in [0.5, 0.6) is 11.5 Å². The van der Waals surface area contributed by atoms with Gasteiger partial charge in [0.1, 0.15) is 0 Å². The molecule has 1 aromatic heterocycles. The number of rotatable bonds is 5. The molecule has 3 N–H and O–H groups in total. The number of nitrogens with one attached hydrogen (secondary N) is 2. The number of halogens is 1. The molecule has 0 spiro atoms. The number of tetrazole rings is 1. The lowest BCUT2D eigenvalue weighted by atomic mass is 10.2. The van der Waals surface area contributed by atoms with Crippen molar-refractivity contribution in [2.45, 2.75) is 6.92 Å². The van der Waals surface area contributed by atoms with Gasteiger partial charge in [-0.1, -0.05) is 5.10 Å². The summed E-state index contributed by atoms with van der Waals surface area (Å²) in [5.74, 6) is 0.710. The zero-order valence-corrected chi connectivity index (χ0v) is 11.5. The second kappa shape index (κ2) is 6.14. The SMILES string of the molecule is CCOc1cc(/C=N\Nc2nn[nH]n2)cc(Br)c1O. The van der Waals surface area contributed by atoms with E-state index in [1.807, 2.05) is 6.92 Å². The molecule has 0 saturated heterocycles. The molecule has 0 bridgehead atoms. The summed E-state index contributed by atoms with van der Waals surface area (Å²) in [7, 11) is 0. The number of hydrogen-bond donors (Lipinski definition) is 3. The number of hydrogen-bond acceptors (Lipinski definition) is 7. The van der Waals surface area contributed by atoms with Crippen LogP contribution >= 0.6 is 15.9 Å². The maximum Gasteiger partial charge on any atom is 0.283 e. The summed E-state index contributed by atoms with van der Waals surface area (Å²) in [6, 6.07) is 3.38. The summed E-state index contributed by atoms with van der Waals surface area (Å²) in [4.78, 5) is 0. The van der Waals surface area contributed by atoms with Crippen LogP contribution in [-0.2, 0) is 0 Å². The van der Waals surface area contributed by atoms with Gasteiger partial charge in [0.25, 0.3) is 5.95 Å². The molecule has 8 nitrogen and oxygen atoms in total. The van der Waals surface area contributed by atoms with Crippen molar-refractivity contribution >= 4 is 28.1 Å². The van der Waals surface area contributed by atoms with Crippen LogP contribution in [0.1, 0.15) is 12.5 Å². The van der Waals surface area contributed by atoms with Crippen molar-refractivity contribution in [3.05, 3.63) is 22.2 Å². The minimum absolute atomic E-state index is 0.0603. The van der Waals surface area contributed by atoms with Crippen LogP contribution in [0.25, 0.3) is 0 Å². The van der Waals surface area contributed by atoms with Gasteiger partial charge >= 0.3 is 0 Å². The Kier molecular flexibility index (Phi) is 4.29. The highest BCUT2D eigenvalue weighted by molar-refractivity contribution is 9.10. The van der Waals surface area contributed by atoms with Crippen LogP contribution in [0, 0.1) is 0 Å². The lowest BCUT2D eigenvalue weighted by Crippen LogP contribution is -1.96. The average molecular weight is 327 g/mol. The number of nitrogens with zero attached hydrogens (tertiary/aromatic N) is 4. The Morgan fingerprint density at radius 3 is 3.11 bits per heavy atom. The molecule has 0 aliphatic heterocycles. The summed E-state index contributed by atoms with van der Waals surface area (Å²) in [6.07, 6.45) is 1.54. The summed E-state index contributed by atoms with van der Waals surface area (Å²) in [6.45, 7) is 2.30. The molecule has 2 rings (SSSR count). The Hall–Kier alpha value is -2.16. The average Bonchev–Trinajstić information content (AvgIpc) is 2.89. The largest absolute Gasteiger partial charge is 0.503 e. The van der Waals surface area contributed by atoms with E-state index in [4.69, 9.17) is 4.74 Å². The van der Waals surface area contributed by atoms with Gasteiger partial charge in [-0.2, -0.15) is 10.3 Å². The number of benzene rings is 1. The van der Waals surface area contributed by atoms with Gasteiger partial charge in [0.2, 0.25) is 0 Å². The summed E-state index contributed by atoms with van der Waals surface area (Å²) in [5.41, 5.74) is 3.33. The molecule has 0 fully saturated rings. The smallest absolute Gasteiger partial charge is 0.283 e. The monoisotopic (exact) mass is 326 g/mol. The number of phenolic OH excluding ortho intramolecular Hbond substituents is 1. The molecule has 19 heavy (non-hydrogen) atoms. The normalized spacial score (nSPS) is 10.8. The van der Waals surface area contributed by atoms with E-state index in [1.54, 1.807) is 18.3 Å². The van der Waals surface area contributed by atoms with Crippen LogP contribution < -0.4 is 10.2 Å². The molecule has 1 aromatic carbocycles. The number of phenols is 1. The first kappa shape index (κ1) is 13.3. The molecule has 0 saturated carbocycles. The Balaban J connectivity index is 2.13. The minimum atomic E-state index is 0.0603. The van der Waals surface area contributed by atoms with E-state index in [9.17, 15) is 5.11 Å². The van der Waals surface area contributed by atoms with Crippen LogP contribution in [0.2, 0.25) is 0 Å². The molecular weight excluding hydrogens is 316 g/mol. The summed E-state index contributed by atoms with van der Waals surface area (Å²) < 4.78 is 5.84. The standard InChI is InChI=1S/C10H11BrN6O2/c1-2-19-8-4-6(3-7(11)9(8)18)5-12-13-10-14-16-17-15-10/h3-5,18H,2H2,1H3,(H2,13,14,15,16,17)/b12-5-. The van der Waals surface area contributed by atoms with Crippen molar-refractivity contribution in [2.24, 2.45) is 5.10 Å². The number of aromatic nitrogens is 4. The van der Waals surface area contributed by atoms with Crippen LogP contribution in [0.4, 0.5) is 5.95 Å². The molecule has 100 valence electrons. The lowest BCUT2D eigenvalue weighted by molar-refractivity contribution is 0.317. The van der Waals surface area contributed by atoms with Crippen molar-refractivity contribution in [2.75, 3.05) is 12.0 Å².